The molecule has 2 atom stereocenters. The largest absolute Gasteiger partial charge is 0.486 e. The van der Waals surface area contributed by atoms with E-state index in [0.717, 1.165) is 10.8 Å². The Morgan fingerprint density at radius 1 is 1.10 bits per heavy atom. The van der Waals surface area contributed by atoms with Gasteiger partial charge in [0.05, 0.1) is 12.6 Å². The number of morpholine rings is 1. The Hall–Kier alpha value is -3.32. The van der Waals surface area contributed by atoms with Gasteiger partial charge in [0.25, 0.3) is 5.91 Å². The minimum absolute atomic E-state index is 0.0118. The third kappa shape index (κ3) is 4.25. The predicted octanol–water partition coefficient (Wildman–Crippen LogP) is 3.33. The van der Waals surface area contributed by atoms with E-state index >= 15 is 0 Å². The van der Waals surface area contributed by atoms with Crippen LogP contribution in [0.2, 0.25) is 0 Å². The molecular weight excluding hydrogens is 374 g/mol. The van der Waals surface area contributed by atoms with Gasteiger partial charge in [-0.05, 0) is 42.0 Å². The number of carboxylic acids is 1. The second-order valence-corrected chi connectivity index (χ2v) is 7.05. The number of fused-ring (bicyclic) bond motifs is 1. The van der Waals surface area contributed by atoms with Crippen LogP contribution in [0.25, 0.3) is 10.8 Å². The predicted molar refractivity (Wildman–Crippen MR) is 105 cm³/mol. The number of amides is 1. The first-order valence-electron chi connectivity index (χ1n) is 9.37. The van der Waals surface area contributed by atoms with Gasteiger partial charge in [0.2, 0.25) is 0 Å². The van der Waals surface area contributed by atoms with E-state index in [1.54, 1.807) is 19.1 Å². The molecule has 7 heteroatoms. The van der Waals surface area contributed by atoms with E-state index in [1.165, 1.54) is 4.90 Å². The van der Waals surface area contributed by atoms with Crippen molar-refractivity contribution in [3.63, 3.8) is 0 Å². The lowest BCUT2D eigenvalue weighted by molar-refractivity contribution is -0.160. The molecule has 0 saturated carbocycles. The fraction of sp³-hybridized carbons (Fsp3) is 0.273. The zero-order valence-corrected chi connectivity index (χ0v) is 15.9. The van der Waals surface area contributed by atoms with E-state index in [2.05, 4.69) is 0 Å². The van der Waals surface area contributed by atoms with E-state index in [4.69, 9.17) is 13.9 Å². The van der Waals surface area contributed by atoms with Crippen LogP contribution in [0.3, 0.4) is 0 Å². The van der Waals surface area contributed by atoms with E-state index in [0.29, 0.717) is 18.1 Å². The first-order valence-corrected chi connectivity index (χ1v) is 9.37. The van der Waals surface area contributed by atoms with Crippen LogP contribution in [0, 0.1) is 0 Å². The molecule has 3 aromatic rings. The molecule has 0 radical (unpaired) electrons. The Morgan fingerprint density at radius 3 is 2.69 bits per heavy atom. The van der Waals surface area contributed by atoms with Crippen molar-refractivity contribution in [2.75, 3.05) is 13.1 Å². The molecule has 1 saturated heterocycles. The number of aliphatic carboxylic acids is 1. The standard InChI is InChI=1S/C22H21NO6/c1-14-11-23(12-20(28-14)22(25)26)21(24)19-9-8-18(29-19)13-27-17-7-6-15-4-2-3-5-16(15)10-17/h2-10,14,20H,11-13H2,1H3,(H,25,26)/t14-,20?/m1/s1. The number of furan rings is 1. The highest BCUT2D eigenvalue weighted by Gasteiger charge is 2.34. The summed E-state index contributed by atoms with van der Waals surface area (Å²) < 4.78 is 16.8. The lowest BCUT2D eigenvalue weighted by Gasteiger charge is -2.34. The highest BCUT2D eigenvalue weighted by atomic mass is 16.5. The molecule has 1 aliphatic rings. The number of nitrogens with zero attached hydrogens (tertiary/aromatic N) is 1. The molecule has 0 bridgehead atoms. The number of carbonyl (C=O) groups is 2. The third-order valence-electron chi connectivity index (χ3n) is 4.80. The molecule has 2 aromatic carbocycles. The Balaban J connectivity index is 1.41. The van der Waals surface area contributed by atoms with Crippen molar-refractivity contribution < 1.29 is 28.6 Å². The highest BCUT2D eigenvalue weighted by molar-refractivity contribution is 5.92. The van der Waals surface area contributed by atoms with Gasteiger partial charge in [-0.3, -0.25) is 4.79 Å². The van der Waals surface area contributed by atoms with Gasteiger partial charge in [0.15, 0.2) is 11.9 Å². The summed E-state index contributed by atoms with van der Waals surface area (Å²) in [5.74, 6) is -0.0705. The molecule has 1 aromatic heterocycles. The quantitative estimate of drug-likeness (QED) is 0.713. The van der Waals surface area contributed by atoms with Gasteiger partial charge >= 0.3 is 5.97 Å². The SMILES string of the molecule is C[C@@H]1CN(C(=O)c2ccc(COc3ccc4ccccc4c3)o2)CC(C(=O)O)O1. The van der Waals surface area contributed by atoms with Crippen LogP contribution in [0.1, 0.15) is 23.2 Å². The molecule has 4 rings (SSSR count). The van der Waals surface area contributed by atoms with Crippen molar-refractivity contribution >= 4 is 22.6 Å². The summed E-state index contributed by atoms with van der Waals surface area (Å²) in [5, 5.41) is 11.4. The minimum Gasteiger partial charge on any atom is -0.486 e. The van der Waals surface area contributed by atoms with Gasteiger partial charge in [-0.2, -0.15) is 0 Å². The summed E-state index contributed by atoms with van der Waals surface area (Å²) in [6, 6.07) is 17.1. The average Bonchev–Trinajstić information content (AvgIpc) is 3.20. The number of benzene rings is 2. The molecule has 1 fully saturated rings. The molecule has 1 N–H and O–H groups in total. The fourth-order valence-corrected chi connectivity index (χ4v) is 3.39. The lowest BCUT2D eigenvalue weighted by Crippen LogP contribution is -2.51. The smallest absolute Gasteiger partial charge is 0.334 e. The number of carbonyl (C=O) groups excluding carboxylic acids is 1. The van der Waals surface area contributed by atoms with E-state index in [1.807, 2.05) is 42.5 Å². The van der Waals surface area contributed by atoms with Crippen molar-refractivity contribution in [2.45, 2.75) is 25.7 Å². The monoisotopic (exact) mass is 395 g/mol. The van der Waals surface area contributed by atoms with Gasteiger partial charge in [-0.25, -0.2) is 4.79 Å². The van der Waals surface area contributed by atoms with E-state index in [-0.39, 0.29) is 30.9 Å². The summed E-state index contributed by atoms with van der Waals surface area (Å²) in [5.41, 5.74) is 0. The first kappa shape index (κ1) is 19.0. The lowest BCUT2D eigenvalue weighted by atomic mass is 10.1. The topological polar surface area (TPSA) is 89.2 Å². The molecule has 29 heavy (non-hydrogen) atoms. The van der Waals surface area contributed by atoms with E-state index in [9.17, 15) is 14.7 Å². The zero-order chi connectivity index (χ0) is 20.4. The molecule has 0 spiro atoms. The molecule has 1 unspecified atom stereocenters. The summed E-state index contributed by atoms with van der Waals surface area (Å²) in [6.07, 6.45) is -1.40. The van der Waals surface area contributed by atoms with Crippen LogP contribution in [-0.4, -0.2) is 47.2 Å². The number of carboxylic acid groups (broad SMARTS) is 1. The highest BCUT2D eigenvalue weighted by Crippen LogP contribution is 2.22. The Bertz CT molecular complexity index is 1040. The Kier molecular flexibility index (Phi) is 5.22. The van der Waals surface area contributed by atoms with Gasteiger partial charge < -0.3 is 23.9 Å². The van der Waals surface area contributed by atoms with Gasteiger partial charge in [-0.1, -0.05) is 30.3 Å². The van der Waals surface area contributed by atoms with Crippen molar-refractivity contribution in [2.24, 2.45) is 0 Å². The minimum atomic E-state index is -1.08. The molecular formula is C22H21NO6. The first-order chi connectivity index (χ1) is 14.0. The van der Waals surface area contributed by atoms with E-state index < -0.39 is 12.1 Å². The van der Waals surface area contributed by atoms with Gasteiger partial charge in [0.1, 0.15) is 18.1 Å². The normalized spacial score (nSPS) is 19.3. The van der Waals surface area contributed by atoms with Crippen LogP contribution in [0.5, 0.6) is 5.75 Å². The molecule has 0 aliphatic carbocycles. The average molecular weight is 395 g/mol. The number of rotatable bonds is 5. The van der Waals surface area contributed by atoms with Crippen LogP contribution >= 0.6 is 0 Å². The second kappa shape index (κ2) is 7.97. The Labute approximate surface area is 167 Å². The fourth-order valence-electron chi connectivity index (χ4n) is 3.39. The summed E-state index contributed by atoms with van der Waals surface area (Å²) >= 11 is 0. The van der Waals surface area contributed by atoms with Crippen LogP contribution in [-0.2, 0) is 16.1 Å². The maximum atomic E-state index is 12.7. The van der Waals surface area contributed by atoms with Gasteiger partial charge in [0, 0.05) is 6.54 Å². The second-order valence-electron chi connectivity index (χ2n) is 7.05. The Morgan fingerprint density at radius 2 is 1.90 bits per heavy atom. The van der Waals surface area contributed by atoms with Crippen LogP contribution in [0.15, 0.2) is 59.0 Å². The summed E-state index contributed by atoms with van der Waals surface area (Å²) in [6.45, 7) is 2.22. The number of hydrogen-bond acceptors (Lipinski definition) is 5. The van der Waals surface area contributed by atoms with Crippen LogP contribution < -0.4 is 4.74 Å². The van der Waals surface area contributed by atoms with Crippen molar-refractivity contribution in [3.05, 3.63) is 66.1 Å². The maximum Gasteiger partial charge on any atom is 0.334 e. The maximum absolute atomic E-state index is 12.7. The molecule has 1 amide bonds. The van der Waals surface area contributed by atoms with Crippen LogP contribution in [0.4, 0.5) is 0 Å². The number of ether oxygens (including phenoxy) is 2. The van der Waals surface area contributed by atoms with Crippen molar-refractivity contribution in [1.29, 1.82) is 0 Å². The molecule has 7 nitrogen and oxygen atoms in total. The zero-order valence-electron chi connectivity index (χ0n) is 15.9. The summed E-state index contributed by atoms with van der Waals surface area (Å²) in [4.78, 5) is 25.3. The van der Waals surface area contributed by atoms with Crippen molar-refractivity contribution in [3.8, 4) is 5.75 Å². The molecule has 2 heterocycles. The van der Waals surface area contributed by atoms with Crippen molar-refractivity contribution in [1.82, 2.24) is 4.90 Å². The molecule has 1 aliphatic heterocycles. The number of hydrogen-bond donors (Lipinski definition) is 1. The summed E-state index contributed by atoms with van der Waals surface area (Å²) in [7, 11) is 0. The van der Waals surface area contributed by atoms with Gasteiger partial charge in [-0.15, -0.1) is 0 Å². The molecule has 150 valence electrons. The third-order valence-corrected chi connectivity index (χ3v) is 4.80.